The fourth-order valence-electron chi connectivity index (χ4n) is 2.74. The van der Waals surface area contributed by atoms with E-state index in [0.717, 1.165) is 29.8 Å². The fourth-order valence-corrected chi connectivity index (χ4v) is 2.74. The molecule has 0 bridgehead atoms. The lowest BCUT2D eigenvalue weighted by Gasteiger charge is -2.21. The fraction of sp³-hybridized carbons (Fsp3) is 0.312. The molecule has 0 fully saturated rings. The number of amides is 2. The molecule has 2 amide bonds. The molecular formula is C16H19N5O2. The van der Waals surface area contributed by atoms with Crippen LogP contribution in [0.25, 0.3) is 0 Å². The number of hydrogen-bond acceptors (Lipinski definition) is 4. The number of aromatic amines is 1. The molecule has 1 aliphatic rings. The summed E-state index contributed by atoms with van der Waals surface area (Å²) < 4.78 is 0. The van der Waals surface area contributed by atoms with Crippen LogP contribution in [0.2, 0.25) is 0 Å². The van der Waals surface area contributed by atoms with Crippen molar-refractivity contribution < 1.29 is 9.59 Å². The predicted octanol–water partition coefficient (Wildman–Crippen LogP) is 0.183. The average molecular weight is 313 g/mol. The van der Waals surface area contributed by atoms with Crippen molar-refractivity contribution in [2.24, 2.45) is 5.73 Å². The SMILES string of the molecule is NC(=O)CN(Cc1ccccc1)C(=O)c1n[nH]c2c1CNCC2. The molecule has 1 aliphatic heterocycles. The third-order valence-corrected chi connectivity index (χ3v) is 3.86. The molecule has 0 saturated carbocycles. The van der Waals surface area contributed by atoms with Gasteiger partial charge in [-0.2, -0.15) is 5.10 Å². The van der Waals surface area contributed by atoms with Crippen LogP contribution in [0.4, 0.5) is 0 Å². The van der Waals surface area contributed by atoms with Crippen LogP contribution < -0.4 is 11.1 Å². The third kappa shape index (κ3) is 3.40. The lowest BCUT2D eigenvalue weighted by atomic mass is 10.1. The van der Waals surface area contributed by atoms with E-state index in [0.29, 0.717) is 18.8 Å². The molecular weight excluding hydrogens is 294 g/mol. The smallest absolute Gasteiger partial charge is 0.275 e. The summed E-state index contributed by atoms with van der Waals surface area (Å²) in [5, 5.41) is 10.3. The zero-order valence-corrected chi connectivity index (χ0v) is 12.7. The molecule has 0 saturated heterocycles. The van der Waals surface area contributed by atoms with Crippen LogP contribution in [-0.4, -0.2) is 40.0 Å². The molecule has 0 spiro atoms. The molecule has 0 radical (unpaired) electrons. The summed E-state index contributed by atoms with van der Waals surface area (Å²) >= 11 is 0. The van der Waals surface area contributed by atoms with Crippen LogP contribution in [0.5, 0.6) is 0 Å². The lowest BCUT2D eigenvalue weighted by molar-refractivity contribution is -0.118. The highest BCUT2D eigenvalue weighted by Gasteiger charge is 2.26. The van der Waals surface area contributed by atoms with E-state index in [1.807, 2.05) is 30.3 Å². The Balaban J connectivity index is 1.85. The van der Waals surface area contributed by atoms with Gasteiger partial charge in [-0.25, -0.2) is 0 Å². The van der Waals surface area contributed by atoms with Crippen LogP contribution in [0.3, 0.4) is 0 Å². The summed E-state index contributed by atoms with van der Waals surface area (Å²) in [5.41, 5.74) is 8.46. The molecule has 2 aromatic rings. The van der Waals surface area contributed by atoms with E-state index in [1.165, 1.54) is 4.90 Å². The Labute approximate surface area is 133 Å². The summed E-state index contributed by atoms with van der Waals surface area (Å²) in [6, 6.07) is 9.50. The molecule has 1 aromatic carbocycles. The van der Waals surface area contributed by atoms with E-state index in [2.05, 4.69) is 15.5 Å². The van der Waals surface area contributed by atoms with Crippen molar-refractivity contribution in [3.05, 3.63) is 52.8 Å². The molecule has 0 atom stereocenters. The van der Waals surface area contributed by atoms with E-state index in [-0.39, 0.29) is 12.5 Å². The summed E-state index contributed by atoms with van der Waals surface area (Å²) in [4.78, 5) is 25.6. The van der Waals surface area contributed by atoms with Crippen molar-refractivity contribution in [3.8, 4) is 0 Å². The van der Waals surface area contributed by atoms with Crippen molar-refractivity contribution in [3.63, 3.8) is 0 Å². The van der Waals surface area contributed by atoms with Crippen LogP contribution >= 0.6 is 0 Å². The number of H-pyrrole nitrogens is 1. The van der Waals surface area contributed by atoms with E-state index in [4.69, 9.17) is 5.73 Å². The Morgan fingerprint density at radius 2 is 2.04 bits per heavy atom. The van der Waals surface area contributed by atoms with Gasteiger partial charge in [0.2, 0.25) is 5.91 Å². The van der Waals surface area contributed by atoms with Crippen molar-refractivity contribution in [1.82, 2.24) is 20.4 Å². The first-order chi connectivity index (χ1) is 11.1. The van der Waals surface area contributed by atoms with Gasteiger partial charge in [0.1, 0.15) is 6.54 Å². The lowest BCUT2D eigenvalue weighted by Crippen LogP contribution is -2.39. The van der Waals surface area contributed by atoms with Crippen LogP contribution in [0.15, 0.2) is 30.3 Å². The molecule has 2 heterocycles. The highest BCUT2D eigenvalue weighted by molar-refractivity contribution is 5.96. The van der Waals surface area contributed by atoms with Crippen molar-refractivity contribution >= 4 is 11.8 Å². The maximum absolute atomic E-state index is 12.8. The predicted molar refractivity (Wildman–Crippen MR) is 84.4 cm³/mol. The molecule has 7 nitrogen and oxygen atoms in total. The van der Waals surface area contributed by atoms with Crippen molar-refractivity contribution in [2.45, 2.75) is 19.5 Å². The Morgan fingerprint density at radius 3 is 2.78 bits per heavy atom. The van der Waals surface area contributed by atoms with Gasteiger partial charge in [-0.15, -0.1) is 0 Å². The first kappa shape index (κ1) is 15.2. The van der Waals surface area contributed by atoms with Crippen molar-refractivity contribution in [2.75, 3.05) is 13.1 Å². The van der Waals surface area contributed by atoms with Gasteiger partial charge in [0.25, 0.3) is 5.91 Å². The quantitative estimate of drug-likeness (QED) is 0.732. The minimum Gasteiger partial charge on any atom is -0.368 e. The highest BCUT2D eigenvalue weighted by Crippen LogP contribution is 2.18. The van der Waals surface area contributed by atoms with Gasteiger partial charge in [-0.1, -0.05) is 30.3 Å². The number of primary amides is 1. The zero-order chi connectivity index (χ0) is 16.2. The van der Waals surface area contributed by atoms with Gasteiger partial charge >= 0.3 is 0 Å². The normalized spacial score (nSPS) is 13.4. The highest BCUT2D eigenvalue weighted by atomic mass is 16.2. The summed E-state index contributed by atoms with van der Waals surface area (Å²) in [6.07, 6.45) is 0.810. The molecule has 3 rings (SSSR count). The number of carbonyl (C=O) groups is 2. The average Bonchev–Trinajstić information content (AvgIpc) is 2.98. The maximum Gasteiger partial charge on any atom is 0.275 e. The number of fused-ring (bicyclic) bond motifs is 1. The molecule has 7 heteroatoms. The second kappa shape index (κ2) is 6.62. The molecule has 0 unspecified atom stereocenters. The minimum atomic E-state index is -0.545. The molecule has 4 N–H and O–H groups in total. The molecule has 0 aliphatic carbocycles. The van der Waals surface area contributed by atoms with E-state index >= 15 is 0 Å². The van der Waals surface area contributed by atoms with Crippen LogP contribution in [0.1, 0.15) is 27.3 Å². The Morgan fingerprint density at radius 1 is 1.26 bits per heavy atom. The zero-order valence-electron chi connectivity index (χ0n) is 12.7. The minimum absolute atomic E-state index is 0.136. The number of nitrogens with two attached hydrogens (primary N) is 1. The second-order valence-corrected chi connectivity index (χ2v) is 5.57. The second-order valence-electron chi connectivity index (χ2n) is 5.57. The standard InChI is InChI=1S/C16H19N5O2/c17-14(22)10-21(9-11-4-2-1-3-5-11)16(23)15-12-8-18-7-6-13(12)19-20-15/h1-5,18H,6-10H2,(H2,17,22)(H,19,20). The Kier molecular flexibility index (Phi) is 4.38. The Hall–Kier alpha value is -2.67. The van der Waals surface area contributed by atoms with Gasteiger partial charge in [-0.3, -0.25) is 14.7 Å². The third-order valence-electron chi connectivity index (χ3n) is 3.86. The van der Waals surface area contributed by atoms with Gasteiger partial charge in [0.05, 0.1) is 0 Å². The van der Waals surface area contributed by atoms with Gasteiger partial charge in [0.15, 0.2) is 5.69 Å². The number of hydrogen-bond donors (Lipinski definition) is 3. The van der Waals surface area contributed by atoms with Gasteiger partial charge < -0.3 is 16.0 Å². The van der Waals surface area contributed by atoms with E-state index in [9.17, 15) is 9.59 Å². The van der Waals surface area contributed by atoms with Gasteiger partial charge in [-0.05, 0) is 5.56 Å². The van der Waals surface area contributed by atoms with Crippen LogP contribution in [0, 0.1) is 0 Å². The Bertz CT molecular complexity index is 711. The number of nitrogens with one attached hydrogen (secondary N) is 2. The first-order valence-corrected chi connectivity index (χ1v) is 7.53. The number of aromatic nitrogens is 2. The van der Waals surface area contributed by atoms with E-state index in [1.54, 1.807) is 0 Å². The molecule has 23 heavy (non-hydrogen) atoms. The number of nitrogens with zero attached hydrogens (tertiary/aromatic N) is 2. The molecule has 120 valence electrons. The largest absolute Gasteiger partial charge is 0.368 e. The molecule has 1 aromatic heterocycles. The number of carbonyl (C=O) groups excluding carboxylic acids is 2. The summed E-state index contributed by atoms with van der Waals surface area (Å²) in [7, 11) is 0. The topological polar surface area (TPSA) is 104 Å². The van der Waals surface area contributed by atoms with Gasteiger partial charge in [0, 0.05) is 37.3 Å². The number of benzene rings is 1. The van der Waals surface area contributed by atoms with E-state index < -0.39 is 5.91 Å². The first-order valence-electron chi connectivity index (χ1n) is 7.53. The monoisotopic (exact) mass is 313 g/mol. The summed E-state index contributed by atoms with van der Waals surface area (Å²) in [5.74, 6) is -0.828. The number of rotatable bonds is 5. The maximum atomic E-state index is 12.8. The van der Waals surface area contributed by atoms with Crippen molar-refractivity contribution in [1.29, 1.82) is 0 Å². The summed E-state index contributed by atoms with van der Waals surface area (Å²) in [6.45, 7) is 1.64. The van der Waals surface area contributed by atoms with Crippen LogP contribution in [-0.2, 0) is 24.3 Å².